The number of hydrogen-bond acceptors (Lipinski definition) is 5. The molecule has 2 aromatic carbocycles. The highest BCUT2D eigenvalue weighted by Gasteiger charge is 2.29. The Kier molecular flexibility index (Phi) is 4.91. The molecule has 1 aliphatic rings. The van der Waals surface area contributed by atoms with Crippen molar-refractivity contribution < 1.29 is 14.3 Å². The minimum atomic E-state index is -0.498. The average molecular weight is 458 g/mol. The van der Waals surface area contributed by atoms with Crippen LogP contribution in [-0.4, -0.2) is 29.9 Å². The molecule has 0 fully saturated rings. The lowest BCUT2D eigenvalue weighted by Crippen LogP contribution is -2.41. The van der Waals surface area contributed by atoms with Crippen LogP contribution in [0.4, 0.5) is 10.8 Å². The summed E-state index contributed by atoms with van der Waals surface area (Å²) in [7, 11) is 1.73. The number of halogens is 1. The summed E-state index contributed by atoms with van der Waals surface area (Å²) < 4.78 is 6.49. The largest absolute Gasteiger partial charge is 0.479 e. The topological polar surface area (TPSA) is 71.5 Å². The van der Waals surface area contributed by atoms with Gasteiger partial charge in [0.25, 0.3) is 11.8 Å². The number of anilines is 2. The van der Waals surface area contributed by atoms with Gasteiger partial charge in [-0.15, -0.1) is 11.3 Å². The van der Waals surface area contributed by atoms with Gasteiger partial charge in [-0.1, -0.05) is 22.0 Å². The molecule has 0 radical (unpaired) electrons. The van der Waals surface area contributed by atoms with E-state index in [-0.39, 0.29) is 11.8 Å². The highest BCUT2D eigenvalue weighted by Crippen LogP contribution is 2.37. The first kappa shape index (κ1) is 18.6. The quantitative estimate of drug-likeness (QED) is 0.625. The Bertz CT molecular complexity index is 1080. The zero-order valence-corrected chi connectivity index (χ0v) is 17.5. The zero-order chi connectivity index (χ0) is 19.8. The van der Waals surface area contributed by atoms with Gasteiger partial charge in [0.15, 0.2) is 11.2 Å². The van der Waals surface area contributed by atoms with E-state index >= 15 is 0 Å². The molecule has 2 amide bonds. The number of benzene rings is 2. The molecule has 6 nitrogen and oxygen atoms in total. The summed E-state index contributed by atoms with van der Waals surface area (Å²) in [6.07, 6.45) is -0.498. The van der Waals surface area contributed by atoms with Crippen molar-refractivity contribution >= 4 is 49.9 Å². The third-order valence-electron chi connectivity index (χ3n) is 4.41. The van der Waals surface area contributed by atoms with Crippen molar-refractivity contribution in [1.82, 2.24) is 4.98 Å². The first-order valence-electron chi connectivity index (χ1n) is 8.53. The van der Waals surface area contributed by atoms with E-state index < -0.39 is 6.10 Å². The third kappa shape index (κ3) is 3.53. The summed E-state index contributed by atoms with van der Waals surface area (Å²) in [6.45, 7) is 1.73. The van der Waals surface area contributed by atoms with Gasteiger partial charge in [0.2, 0.25) is 0 Å². The fraction of sp³-hybridized carbons (Fsp3) is 0.150. The smallest absolute Gasteiger partial charge is 0.267 e. The predicted molar refractivity (Wildman–Crippen MR) is 113 cm³/mol. The van der Waals surface area contributed by atoms with Crippen LogP contribution >= 0.6 is 27.3 Å². The van der Waals surface area contributed by atoms with Crippen molar-refractivity contribution in [2.75, 3.05) is 17.3 Å². The minimum absolute atomic E-state index is 0.0927. The predicted octanol–water partition coefficient (Wildman–Crippen LogP) is 4.57. The number of fused-ring (bicyclic) bond motifs is 1. The fourth-order valence-electron chi connectivity index (χ4n) is 2.93. The van der Waals surface area contributed by atoms with Crippen LogP contribution in [0.3, 0.4) is 0 Å². The maximum atomic E-state index is 12.4. The summed E-state index contributed by atoms with van der Waals surface area (Å²) >= 11 is 4.71. The maximum Gasteiger partial charge on any atom is 0.267 e. The normalized spacial score (nSPS) is 15.8. The SMILES string of the molecule is CC1Oc2ccc(-c3csc(NC(=O)c4cccc(Br)c4)n3)cc2N(C)C1=O. The Hall–Kier alpha value is -2.71. The summed E-state index contributed by atoms with van der Waals surface area (Å²) in [5.41, 5.74) is 2.81. The number of aromatic nitrogens is 1. The second-order valence-corrected chi connectivity index (χ2v) is 8.12. The lowest BCUT2D eigenvalue weighted by Gasteiger charge is -2.30. The number of amides is 2. The molecule has 4 rings (SSSR count). The van der Waals surface area contributed by atoms with Gasteiger partial charge in [-0.05, 0) is 43.3 Å². The number of hydrogen-bond donors (Lipinski definition) is 1. The number of likely N-dealkylation sites (N-methyl/N-ethyl adjacent to an activating group) is 1. The molecule has 28 heavy (non-hydrogen) atoms. The summed E-state index contributed by atoms with van der Waals surface area (Å²) in [5.74, 6) is 0.349. The molecule has 1 aliphatic heterocycles. The van der Waals surface area contributed by atoms with E-state index in [1.165, 1.54) is 11.3 Å². The molecule has 2 heterocycles. The van der Waals surface area contributed by atoms with Crippen LogP contribution in [0.25, 0.3) is 11.3 Å². The van der Waals surface area contributed by atoms with Crippen molar-refractivity contribution in [2.24, 2.45) is 0 Å². The lowest BCUT2D eigenvalue weighted by molar-refractivity contribution is -0.125. The van der Waals surface area contributed by atoms with Crippen LogP contribution in [0.15, 0.2) is 52.3 Å². The van der Waals surface area contributed by atoms with E-state index in [1.54, 1.807) is 37.1 Å². The zero-order valence-electron chi connectivity index (χ0n) is 15.1. The van der Waals surface area contributed by atoms with E-state index in [9.17, 15) is 9.59 Å². The van der Waals surface area contributed by atoms with Crippen LogP contribution in [0.5, 0.6) is 5.75 Å². The number of nitrogens with one attached hydrogen (secondary N) is 1. The molecule has 142 valence electrons. The Balaban J connectivity index is 1.57. The van der Waals surface area contributed by atoms with Crippen LogP contribution in [0, 0.1) is 0 Å². The van der Waals surface area contributed by atoms with Gasteiger partial charge < -0.3 is 9.64 Å². The second-order valence-electron chi connectivity index (χ2n) is 6.34. The van der Waals surface area contributed by atoms with Crippen LogP contribution in [0.2, 0.25) is 0 Å². The van der Waals surface area contributed by atoms with Gasteiger partial charge in [-0.25, -0.2) is 4.98 Å². The number of nitrogens with zero attached hydrogens (tertiary/aromatic N) is 2. The molecule has 1 atom stereocenters. The van der Waals surface area contributed by atoms with Gasteiger partial charge in [-0.3, -0.25) is 14.9 Å². The van der Waals surface area contributed by atoms with Gasteiger partial charge >= 0.3 is 0 Å². The number of ether oxygens (including phenoxy) is 1. The molecule has 1 aromatic heterocycles. The van der Waals surface area contributed by atoms with Gasteiger partial charge in [-0.2, -0.15) is 0 Å². The van der Waals surface area contributed by atoms with Crippen LogP contribution in [-0.2, 0) is 4.79 Å². The van der Waals surface area contributed by atoms with Crippen molar-refractivity contribution in [1.29, 1.82) is 0 Å². The molecule has 0 bridgehead atoms. The molecule has 0 aliphatic carbocycles. The minimum Gasteiger partial charge on any atom is -0.479 e. The summed E-state index contributed by atoms with van der Waals surface area (Å²) in [6, 6.07) is 12.8. The summed E-state index contributed by atoms with van der Waals surface area (Å²) in [5, 5.41) is 5.19. The third-order valence-corrected chi connectivity index (χ3v) is 5.66. The Morgan fingerprint density at radius 3 is 2.89 bits per heavy atom. The van der Waals surface area contributed by atoms with Crippen LogP contribution in [0.1, 0.15) is 17.3 Å². The van der Waals surface area contributed by atoms with Crippen molar-refractivity contribution in [3.63, 3.8) is 0 Å². The van der Waals surface area contributed by atoms with Gasteiger partial charge in [0, 0.05) is 28.0 Å². The molecule has 3 aromatic rings. The van der Waals surface area contributed by atoms with E-state index in [0.29, 0.717) is 22.1 Å². The van der Waals surface area contributed by atoms with E-state index in [1.807, 2.05) is 29.6 Å². The lowest BCUT2D eigenvalue weighted by atomic mass is 10.1. The Morgan fingerprint density at radius 2 is 2.11 bits per heavy atom. The monoisotopic (exact) mass is 457 g/mol. The molecule has 0 spiro atoms. The summed E-state index contributed by atoms with van der Waals surface area (Å²) in [4.78, 5) is 30.6. The number of carbonyl (C=O) groups is 2. The first-order valence-corrected chi connectivity index (χ1v) is 10.2. The molecule has 8 heteroatoms. The molecule has 1 unspecified atom stereocenters. The Morgan fingerprint density at radius 1 is 1.29 bits per heavy atom. The van der Waals surface area contributed by atoms with E-state index in [0.717, 1.165) is 15.7 Å². The van der Waals surface area contributed by atoms with E-state index in [4.69, 9.17) is 4.74 Å². The highest BCUT2D eigenvalue weighted by atomic mass is 79.9. The van der Waals surface area contributed by atoms with Gasteiger partial charge in [0.05, 0.1) is 11.4 Å². The first-order chi connectivity index (χ1) is 13.4. The van der Waals surface area contributed by atoms with Crippen LogP contribution < -0.4 is 15.0 Å². The Labute approximate surface area is 174 Å². The number of thiazole rings is 1. The standard InChI is InChI=1S/C20H16BrN3O3S/c1-11-19(26)24(2)16-9-12(6-7-17(16)27-11)15-10-28-20(22-15)23-18(25)13-4-3-5-14(21)8-13/h3-11H,1-2H3,(H,22,23,25). The van der Waals surface area contributed by atoms with E-state index in [2.05, 4.69) is 26.2 Å². The number of carbonyl (C=O) groups excluding carboxylic acids is 2. The fourth-order valence-corrected chi connectivity index (χ4v) is 4.05. The maximum absolute atomic E-state index is 12.4. The second kappa shape index (κ2) is 7.37. The molecular weight excluding hydrogens is 442 g/mol. The molecule has 0 saturated carbocycles. The molecular formula is C20H16BrN3O3S. The van der Waals surface area contributed by atoms with Gasteiger partial charge in [0.1, 0.15) is 5.75 Å². The highest BCUT2D eigenvalue weighted by molar-refractivity contribution is 9.10. The number of rotatable bonds is 3. The van der Waals surface area contributed by atoms with Crippen molar-refractivity contribution in [2.45, 2.75) is 13.0 Å². The van der Waals surface area contributed by atoms with Crippen molar-refractivity contribution in [3.05, 3.63) is 57.9 Å². The molecule has 0 saturated heterocycles. The molecule has 1 N–H and O–H groups in total. The van der Waals surface area contributed by atoms with Crippen molar-refractivity contribution in [3.8, 4) is 17.0 Å². The average Bonchev–Trinajstić information content (AvgIpc) is 3.14.